The minimum absolute atomic E-state index is 0.0952. The van der Waals surface area contributed by atoms with E-state index in [0.29, 0.717) is 12.5 Å². The first-order valence-corrected chi connectivity index (χ1v) is 8.43. The maximum absolute atomic E-state index is 6.32. The van der Waals surface area contributed by atoms with Crippen LogP contribution in [0.4, 0.5) is 0 Å². The molecule has 1 aromatic rings. The summed E-state index contributed by atoms with van der Waals surface area (Å²) in [4.78, 5) is 0. The third-order valence-electron chi connectivity index (χ3n) is 4.70. The van der Waals surface area contributed by atoms with Crippen molar-refractivity contribution in [2.24, 2.45) is 11.7 Å². The van der Waals surface area contributed by atoms with Crippen LogP contribution in [0, 0.1) is 5.92 Å². The molecule has 2 N–H and O–H groups in total. The van der Waals surface area contributed by atoms with Crippen molar-refractivity contribution in [3.63, 3.8) is 0 Å². The van der Waals surface area contributed by atoms with Crippen molar-refractivity contribution in [2.45, 2.75) is 71.3 Å². The van der Waals surface area contributed by atoms with Crippen LogP contribution in [-0.4, -0.2) is 12.6 Å². The molecule has 2 nitrogen and oxygen atoms in total. The molecular formula is C19H31NO. The first-order chi connectivity index (χ1) is 9.91. The van der Waals surface area contributed by atoms with Crippen molar-refractivity contribution >= 4 is 0 Å². The molecular weight excluding hydrogens is 258 g/mol. The summed E-state index contributed by atoms with van der Waals surface area (Å²) in [5, 5.41) is 0. The third kappa shape index (κ3) is 4.23. The van der Waals surface area contributed by atoms with Gasteiger partial charge in [0.1, 0.15) is 12.4 Å². The lowest BCUT2D eigenvalue weighted by Crippen LogP contribution is -2.35. The van der Waals surface area contributed by atoms with E-state index >= 15 is 0 Å². The molecule has 1 aliphatic rings. The van der Waals surface area contributed by atoms with Crippen molar-refractivity contribution in [1.29, 1.82) is 0 Å². The third-order valence-corrected chi connectivity index (χ3v) is 4.70. The van der Waals surface area contributed by atoms with Crippen molar-refractivity contribution in [3.8, 4) is 5.75 Å². The number of benzene rings is 1. The molecule has 0 amide bonds. The number of hydrogen-bond acceptors (Lipinski definition) is 2. The molecule has 0 spiro atoms. The van der Waals surface area contributed by atoms with Gasteiger partial charge in [0.05, 0.1) is 0 Å². The second-order valence-electron chi connectivity index (χ2n) is 7.45. The minimum atomic E-state index is 0.0952. The van der Waals surface area contributed by atoms with Crippen molar-refractivity contribution < 1.29 is 4.74 Å². The lowest BCUT2D eigenvalue weighted by atomic mass is 9.85. The maximum Gasteiger partial charge on any atom is 0.123 e. The molecule has 0 bridgehead atoms. The van der Waals surface area contributed by atoms with E-state index in [-0.39, 0.29) is 11.5 Å². The summed E-state index contributed by atoms with van der Waals surface area (Å²) in [5.74, 6) is 1.66. The van der Waals surface area contributed by atoms with E-state index in [2.05, 4.69) is 45.9 Å². The summed E-state index contributed by atoms with van der Waals surface area (Å²) in [6.07, 6.45) is 6.26. The highest BCUT2D eigenvalue weighted by Gasteiger charge is 2.24. The monoisotopic (exact) mass is 289 g/mol. The van der Waals surface area contributed by atoms with Gasteiger partial charge in [-0.1, -0.05) is 52.7 Å². The van der Waals surface area contributed by atoms with E-state index in [1.807, 2.05) is 0 Å². The average molecular weight is 289 g/mol. The summed E-state index contributed by atoms with van der Waals surface area (Å²) >= 11 is 0. The van der Waals surface area contributed by atoms with Crippen molar-refractivity contribution in [2.75, 3.05) is 6.61 Å². The molecule has 1 fully saturated rings. The van der Waals surface area contributed by atoms with Gasteiger partial charge in [-0.3, -0.25) is 0 Å². The molecule has 0 heterocycles. The quantitative estimate of drug-likeness (QED) is 0.869. The van der Waals surface area contributed by atoms with Gasteiger partial charge in [0.15, 0.2) is 0 Å². The number of nitrogens with two attached hydrogens (primary N) is 1. The van der Waals surface area contributed by atoms with E-state index in [4.69, 9.17) is 10.5 Å². The number of rotatable bonds is 5. The van der Waals surface area contributed by atoms with Gasteiger partial charge < -0.3 is 10.5 Å². The summed E-state index contributed by atoms with van der Waals surface area (Å²) in [6.45, 7) is 9.56. The Morgan fingerprint density at radius 3 is 2.48 bits per heavy atom. The SMILES string of the molecule is CCc1ccc(OCC(N)C2CCCC2)c(C(C)(C)C)c1. The number of hydrogen-bond donors (Lipinski definition) is 1. The second-order valence-corrected chi connectivity index (χ2v) is 7.45. The molecule has 1 aliphatic carbocycles. The lowest BCUT2D eigenvalue weighted by Gasteiger charge is -2.25. The van der Waals surface area contributed by atoms with Gasteiger partial charge in [0, 0.05) is 6.04 Å². The van der Waals surface area contributed by atoms with E-state index in [9.17, 15) is 0 Å². The molecule has 0 radical (unpaired) electrons. The molecule has 1 aromatic carbocycles. The predicted octanol–water partition coefficient (Wildman–Crippen LogP) is 4.44. The van der Waals surface area contributed by atoms with Gasteiger partial charge in [-0.15, -0.1) is 0 Å². The van der Waals surface area contributed by atoms with E-state index in [1.54, 1.807) is 0 Å². The van der Waals surface area contributed by atoms with Crippen LogP contribution in [0.25, 0.3) is 0 Å². The maximum atomic E-state index is 6.32. The fourth-order valence-electron chi connectivity index (χ4n) is 3.22. The molecule has 1 saturated carbocycles. The molecule has 0 aromatic heterocycles. The Bertz CT molecular complexity index is 455. The van der Waals surface area contributed by atoms with Crippen LogP contribution in [0.2, 0.25) is 0 Å². The normalized spacial score (nSPS) is 18.0. The molecule has 2 rings (SSSR count). The first kappa shape index (κ1) is 16.4. The summed E-state index contributed by atoms with van der Waals surface area (Å²) in [7, 11) is 0. The predicted molar refractivity (Wildman–Crippen MR) is 89.9 cm³/mol. The van der Waals surface area contributed by atoms with E-state index < -0.39 is 0 Å². The van der Waals surface area contributed by atoms with Crippen molar-refractivity contribution in [1.82, 2.24) is 0 Å². The molecule has 2 heteroatoms. The van der Waals surface area contributed by atoms with Gasteiger partial charge in [-0.25, -0.2) is 0 Å². The average Bonchev–Trinajstić information content (AvgIpc) is 2.97. The van der Waals surface area contributed by atoms with Gasteiger partial charge >= 0.3 is 0 Å². The second kappa shape index (κ2) is 6.83. The highest BCUT2D eigenvalue weighted by atomic mass is 16.5. The lowest BCUT2D eigenvalue weighted by molar-refractivity contribution is 0.242. The van der Waals surface area contributed by atoms with Crippen LogP contribution < -0.4 is 10.5 Å². The highest BCUT2D eigenvalue weighted by Crippen LogP contribution is 2.33. The zero-order valence-electron chi connectivity index (χ0n) is 14.1. The van der Waals surface area contributed by atoms with E-state index in [0.717, 1.165) is 12.2 Å². The smallest absolute Gasteiger partial charge is 0.123 e. The summed E-state index contributed by atoms with van der Waals surface area (Å²) in [6, 6.07) is 6.76. The Labute approximate surface area is 130 Å². The highest BCUT2D eigenvalue weighted by molar-refractivity contribution is 5.41. The molecule has 1 unspecified atom stereocenters. The number of ether oxygens (including phenoxy) is 1. The fraction of sp³-hybridized carbons (Fsp3) is 0.684. The summed E-state index contributed by atoms with van der Waals surface area (Å²) < 4.78 is 6.11. The first-order valence-electron chi connectivity index (χ1n) is 8.43. The van der Waals surface area contributed by atoms with Crippen LogP contribution >= 0.6 is 0 Å². The largest absolute Gasteiger partial charge is 0.492 e. The fourth-order valence-corrected chi connectivity index (χ4v) is 3.22. The van der Waals surface area contributed by atoms with E-state index in [1.165, 1.54) is 36.8 Å². The minimum Gasteiger partial charge on any atom is -0.492 e. The van der Waals surface area contributed by atoms with Crippen LogP contribution in [0.1, 0.15) is 64.5 Å². The van der Waals surface area contributed by atoms with Gasteiger partial charge in [0.2, 0.25) is 0 Å². The van der Waals surface area contributed by atoms with Crippen molar-refractivity contribution in [3.05, 3.63) is 29.3 Å². The Balaban J connectivity index is 2.08. The van der Waals surface area contributed by atoms with Gasteiger partial charge in [-0.2, -0.15) is 0 Å². The zero-order valence-corrected chi connectivity index (χ0v) is 14.1. The molecule has 21 heavy (non-hydrogen) atoms. The van der Waals surface area contributed by atoms with Crippen LogP contribution in [0.5, 0.6) is 5.75 Å². The van der Waals surface area contributed by atoms with Crippen LogP contribution in [0.3, 0.4) is 0 Å². The van der Waals surface area contributed by atoms with Gasteiger partial charge in [0.25, 0.3) is 0 Å². The standard InChI is InChI=1S/C19H31NO/c1-5-14-10-11-18(16(12-14)19(2,3)4)21-13-17(20)15-8-6-7-9-15/h10-12,15,17H,5-9,13,20H2,1-4H3. The number of aryl methyl sites for hydroxylation is 1. The Morgan fingerprint density at radius 1 is 1.24 bits per heavy atom. The molecule has 118 valence electrons. The van der Waals surface area contributed by atoms with Gasteiger partial charge in [-0.05, 0) is 47.8 Å². The molecule has 0 aliphatic heterocycles. The molecule has 1 atom stereocenters. The Hall–Kier alpha value is -1.02. The zero-order chi connectivity index (χ0) is 15.5. The van der Waals surface area contributed by atoms with Crippen LogP contribution in [0.15, 0.2) is 18.2 Å². The Morgan fingerprint density at radius 2 is 1.90 bits per heavy atom. The molecule has 0 saturated heterocycles. The topological polar surface area (TPSA) is 35.2 Å². The van der Waals surface area contributed by atoms with Crippen LogP contribution in [-0.2, 0) is 11.8 Å². The summed E-state index contributed by atoms with van der Waals surface area (Å²) in [5.41, 5.74) is 9.07. The Kier molecular flexibility index (Phi) is 5.32.